The number of halogens is 1. The fraction of sp³-hybridized carbons (Fsp3) is 0.0667. The van der Waals surface area contributed by atoms with E-state index in [1.54, 1.807) is 6.07 Å². The van der Waals surface area contributed by atoms with E-state index in [9.17, 15) is 0 Å². The second-order valence-electron chi connectivity index (χ2n) is 4.51. The Morgan fingerprint density at radius 1 is 1.30 bits per heavy atom. The first-order valence-corrected chi connectivity index (χ1v) is 7.22. The maximum absolute atomic E-state index is 9.17. The molecule has 0 spiro atoms. The zero-order chi connectivity index (χ0) is 14.3. The number of fused-ring (bicyclic) bond motifs is 1. The lowest BCUT2D eigenvalue weighted by Gasteiger charge is -2.07. The minimum Gasteiger partial charge on any atom is -0.329 e. The average Bonchev–Trinajstić information content (AvgIpc) is 2.78. The van der Waals surface area contributed by atoms with Crippen LogP contribution in [0.15, 0.2) is 40.9 Å². The van der Waals surface area contributed by atoms with Crippen molar-refractivity contribution in [1.82, 2.24) is 9.55 Å². The molecule has 2 aromatic carbocycles. The van der Waals surface area contributed by atoms with Gasteiger partial charge in [0.1, 0.15) is 6.07 Å². The molecule has 0 fully saturated rings. The van der Waals surface area contributed by atoms with Gasteiger partial charge in [-0.3, -0.25) is 4.57 Å². The molecule has 0 bridgehead atoms. The summed E-state index contributed by atoms with van der Waals surface area (Å²) in [5, 5.41) is 9.17. The van der Waals surface area contributed by atoms with Gasteiger partial charge in [-0.1, -0.05) is 28.1 Å². The van der Waals surface area contributed by atoms with Gasteiger partial charge in [-0.05, 0) is 49.0 Å². The molecular formula is C15H10BrN3S. The topological polar surface area (TPSA) is 44.5 Å². The van der Waals surface area contributed by atoms with Gasteiger partial charge in [0.05, 0.1) is 16.6 Å². The molecule has 0 atom stereocenters. The zero-order valence-electron chi connectivity index (χ0n) is 10.6. The summed E-state index contributed by atoms with van der Waals surface area (Å²) >= 11 is 8.94. The molecule has 1 heterocycles. The van der Waals surface area contributed by atoms with Crippen LogP contribution < -0.4 is 0 Å². The van der Waals surface area contributed by atoms with E-state index in [0.717, 1.165) is 26.8 Å². The molecule has 5 heteroatoms. The van der Waals surface area contributed by atoms with Crippen LogP contribution in [0.3, 0.4) is 0 Å². The van der Waals surface area contributed by atoms with Gasteiger partial charge in [0.2, 0.25) is 0 Å². The Morgan fingerprint density at radius 2 is 2.10 bits per heavy atom. The third kappa shape index (κ3) is 1.98. The Hall–Kier alpha value is -1.90. The summed E-state index contributed by atoms with van der Waals surface area (Å²) in [4.78, 5) is 3.12. The van der Waals surface area contributed by atoms with Crippen LogP contribution >= 0.6 is 28.1 Å². The Labute approximate surface area is 129 Å². The van der Waals surface area contributed by atoms with E-state index in [0.29, 0.717) is 10.3 Å². The number of para-hydroxylation sites is 1. The minimum absolute atomic E-state index is 0.582. The second kappa shape index (κ2) is 4.89. The molecular weight excluding hydrogens is 334 g/mol. The van der Waals surface area contributed by atoms with Crippen LogP contribution in [0.5, 0.6) is 0 Å². The number of nitrogens with zero attached hydrogens (tertiary/aromatic N) is 2. The maximum Gasteiger partial charge on any atom is 0.182 e. The lowest BCUT2D eigenvalue weighted by molar-refractivity contribution is 1.06. The number of aryl methyl sites for hydroxylation is 1. The Balaban J connectivity index is 2.37. The van der Waals surface area contributed by atoms with Crippen molar-refractivity contribution in [3.05, 3.63) is 56.8 Å². The number of nitriles is 1. The van der Waals surface area contributed by atoms with Gasteiger partial charge < -0.3 is 4.98 Å². The number of H-pyrrole nitrogens is 1. The van der Waals surface area contributed by atoms with Crippen molar-refractivity contribution in [3.63, 3.8) is 0 Å². The standard InChI is InChI=1S/C15H10BrN3S/c1-9-5-6-11(7-12(9)16)19-13-4-2-3-10(8-17)14(13)18-15(19)20/h2-7H,1H3,(H,18,20). The van der Waals surface area contributed by atoms with Gasteiger partial charge in [-0.15, -0.1) is 0 Å². The molecule has 0 saturated heterocycles. The number of aromatic nitrogens is 2. The molecule has 3 aromatic rings. The van der Waals surface area contributed by atoms with Gasteiger partial charge in [0.25, 0.3) is 0 Å². The van der Waals surface area contributed by atoms with Crippen molar-refractivity contribution in [2.75, 3.05) is 0 Å². The highest BCUT2D eigenvalue weighted by Crippen LogP contribution is 2.25. The summed E-state index contributed by atoms with van der Waals surface area (Å²) < 4.78 is 3.55. The molecule has 0 saturated carbocycles. The molecule has 1 N–H and O–H groups in total. The molecule has 0 aliphatic rings. The second-order valence-corrected chi connectivity index (χ2v) is 5.75. The summed E-state index contributed by atoms with van der Waals surface area (Å²) in [5.74, 6) is 0. The fourth-order valence-corrected chi connectivity index (χ4v) is 2.87. The third-order valence-electron chi connectivity index (χ3n) is 3.25. The quantitative estimate of drug-likeness (QED) is 0.654. The van der Waals surface area contributed by atoms with Gasteiger partial charge in [0.15, 0.2) is 4.77 Å². The van der Waals surface area contributed by atoms with Crippen LogP contribution in [0.25, 0.3) is 16.7 Å². The van der Waals surface area contributed by atoms with E-state index in [2.05, 4.69) is 27.0 Å². The predicted molar refractivity (Wildman–Crippen MR) is 85.6 cm³/mol. The van der Waals surface area contributed by atoms with Crippen LogP contribution in [0.4, 0.5) is 0 Å². The molecule has 0 aliphatic carbocycles. The minimum atomic E-state index is 0.582. The first-order chi connectivity index (χ1) is 9.61. The van der Waals surface area contributed by atoms with E-state index >= 15 is 0 Å². The normalized spacial score (nSPS) is 10.7. The van der Waals surface area contributed by atoms with E-state index < -0.39 is 0 Å². The number of imidazole rings is 1. The van der Waals surface area contributed by atoms with Crippen molar-refractivity contribution < 1.29 is 0 Å². The van der Waals surface area contributed by atoms with Crippen LogP contribution in [-0.4, -0.2) is 9.55 Å². The maximum atomic E-state index is 9.17. The van der Waals surface area contributed by atoms with E-state index in [4.69, 9.17) is 17.5 Å². The largest absolute Gasteiger partial charge is 0.329 e. The van der Waals surface area contributed by atoms with Crippen molar-refractivity contribution in [3.8, 4) is 11.8 Å². The Bertz CT molecular complexity index is 915. The van der Waals surface area contributed by atoms with E-state index in [1.807, 2.05) is 41.8 Å². The SMILES string of the molecule is Cc1ccc(-n2c(=S)[nH]c3c(C#N)cccc32)cc1Br. The van der Waals surface area contributed by atoms with Crippen molar-refractivity contribution in [2.24, 2.45) is 0 Å². The molecule has 0 amide bonds. The number of nitrogens with one attached hydrogen (secondary N) is 1. The molecule has 3 rings (SSSR count). The highest BCUT2D eigenvalue weighted by molar-refractivity contribution is 9.10. The van der Waals surface area contributed by atoms with Gasteiger partial charge in [0, 0.05) is 10.2 Å². The molecule has 0 aliphatic heterocycles. The predicted octanol–water partition coefficient (Wildman–Crippen LogP) is 4.63. The summed E-state index contributed by atoms with van der Waals surface area (Å²) in [6.45, 7) is 2.04. The van der Waals surface area contributed by atoms with Crippen LogP contribution in [0, 0.1) is 23.0 Å². The average molecular weight is 344 g/mol. The third-order valence-corrected chi connectivity index (χ3v) is 4.39. The lowest BCUT2D eigenvalue weighted by atomic mass is 10.2. The smallest absolute Gasteiger partial charge is 0.182 e. The molecule has 3 nitrogen and oxygen atoms in total. The number of aromatic amines is 1. The zero-order valence-corrected chi connectivity index (χ0v) is 13.0. The number of rotatable bonds is 1. The summed E-state index contributed by atoms with van der Waals surface area (Å²) in [5.41, 5.74) is 4.41. The molecule has 20 heavy (non-hydrogen) atoms. The highest BCUT2D eigenvalue weighted by Gasteiger charge is 2.10. The highest BCUT2D eigenvalue weighted by atomic mass is 79.9. The number of benzene rings is 2. The van der Waals surface area contributed by atoms with Crippen molar-refractivity contribution >= 4 is 39.2 Å². The summed E-state index contributed by atoms with van der Waals surface area (Å²) in [6, 6.07) is 13.9. The Kier molecular flexibility index (Phi) is 3.20. The van der Waals surface area contributed by atoms with E-state index in [-0.39, 0.29) is 0 Å². The first-order valence-electron chi connectivity index (χ1n) is 6.02. The summed E-state index contributed by atoms with van der Waals surface area (Å²) in [6.07, 6.45) is 0. The van der Waals surface area contributed by atoms with Crippen molar-refractivity contribution in [1.29, 1.82) is 5.26 Å². The molecule has 98 valence electrons. The van der Waals surface area contributed by atoms with Crippen LogP contribution in [0.1, 0.15) is 11.1 Å². The molecule has 0 radical (unpaired) electrons. The van der Waals surface area contributed by atoms with Gasteiger partial charge >= 0.3 is 0 Å². The van der Waals surface area contributed by atoms with Gasteiger partial charge in [-0.25, -0.2) is 0 Å². The summed E-state index contributed by atoms with van der Waals surface area (Å²) in [7, 11) is 0. The van der Waals surface area contributed by atoms with Crippen molar-refractivity contribution in [2.45, 2.75) is 6.92 Å². The van der Waals surface area contributed by atoms with E-state index in [1.165, 1.54) is 0 Å². The molecule has 1 aromatic heterocycles. The Morgan fingerprint density at radius 3 is 2.80 bits per heavy atom. The van der Waals surface area contributed by atoms with Crippen LogP contribution in [0.2, 0.25) is 0 Å². The first kappa shape index (κ1) is 13.1. The number of hydrogen-bond acceptors (Lipinski definition) is 2. The number of hydrogen-bond donors (Lipinski definition) is 1. The lowest BCUT2D eigenvalue weighted by Crippen LogP contribution is -1.94. The fourth-order valence-electron chi connectivity index (χ4n) is 2.20. The monoisotopic (exact) mass is 343 g/mol. The van der Waals surface area contributed by atoms with Crippen LogP contribution in [-0.2, 0) is 0 Å². The molecule has 0 unspecified atom stereocenters. The van der Waals surface area contributed by atoms with Gasteiger partial charge in [-0.2, -0.15) is 5.26 Å².